The lowest BCUT2D eigenvalue weighted by atomic mass is 9.85. The van der Waals surface area contributed by atoms with Gasteiger partial charge < -0.3 is 5.11 Å². The Morgan fingerprint density at radius 2 is 1.62 bits per heavy atom. The van der Waals surface area contributed by atoms with E-state index in [2.05, 4.69) is 17.9 Å². The quantitative estimate of drug-likeness (QED) is 0.625. The number of allylic oxidation sites excluding steroid dienone is 1. The van der Waals surface area contributed by atoms with Crippen LogP contribution in [0.3, 0.4) is 0 Å². The molecule has 1 aliphatic rings. The van der Waals surface area contributed by atoms with E-state index in [-0.39, 0.29) is 0 Å². The van der Waals surface area contributed by atoms with Gasteiger partial charge in [0.2, 0.25) is 0 Å². The van der Waals surface area contributed by atoms with Crippen LogP contribution in [-0.2, 0) is 0 Å². The summed E-state index contributed by atoms with van der Waals surface area (Å²) in [6.07, 6.45) is 10.2. The van der Waals surface area contributed by atoms with Crippen LogP contribution in [0.4, 0.5) is 0 Å². The molecule has 2 aromatic carbocycles. The third-order valence-corrected chi connectivity index (χ3v) is 4.27. The van der Waals surface area contributed by atoms with Crippen molar-refractivity contribution in [3.05, 3.63) is 89.5 Å². The number of aliphatic hydroxyl groups is 1. The van der Waals surface area contributed by atoms with Gasteiger partial charge in [0.15, 0.2) is 5.60 Å². The molecule has 1 heteroatoms. The Balaban J connectivity index is 1.93. The van der Waals surface area contributed by atoms with Crippen LogP contribution in [-0.4, -0.2) is 10.7 Å². The molecule has 0 fully saturated rings. The fourth-order valence-electron chi connectivity index (χ4n) is 2.88. The molecular formula is C23H22O. The van der Waals surface area contributed by atoms with Crippen molar-refractivity contribution in [1.82, 2.24) is 0 Å². The van der Waals surface area contributed by atoms with Gasteiger partial charge in [0.25, 0.3) is 0 Å². The summed E-state index contributed by atoms with van der Waals surface area (Å²) >= 11 is 0. The molecule has 0 saturated carbocycles. The molecule has 0 bridgehead atoms. The Bertz CT molecular complexity index is 775. The number of hydrogen-bond acceptors (Lipinski definition) is 1. The van der Waals surface area contributed by atoms with Gasteiger partial charge in [-0.3, -0.25) is 0 Å². The van der Waals surface area contributed by atoms with Crippen molar-refractivity contribution in [2.45, 2.75) is 31.3 Å². The molecule has 2 aromatic rings. The van der Waals surface area contributed by atoms with E-state index in [1.807, 2.05) is 72.8 Å². The molecule has 0 heterocycles. The van der Waals surface area contributed by atoms with Gasteiger partial charge in [-0.25, -0.2) is 0 Å². The second kappa shape index (κ2) is 7.81. The SMILES string of the molecule is OC(C#Cc1ccccc1)(/C=C/c1ccccc1)C1=CCCCC1. The van der Waals surface area contributed by atoms with Crippen LogP contribution < -0.4 is 0 Å². The molecule has 1 unspecified atom stereocenters. The Hall–Kier alpha value is -2.56. The molecule has 0 amide bonds. The lowest BCUT2D eigenvalue weighted by molar-refractivity contribution is 0.185. The highest BCUT2D eigenvalue weighted by Gasteiger charge is 2.27. The summed E-state index contributed by atoms with van der Waals surface area (Å²) in [5.41, 5.74) is 1.80. The minimum atomic E-state index is -1.20. The predicted molar refractivity (Wildman–Crippen MR) is 100 cm³/mol. The minimum absolute atomic E-state index is 0.902. The molecule has 3 rings (SSSR count). The first-order valence-corrected chi connectivity index (χ1v) is 8.51. The van der Waals surface area contributed by atoms with E-state index in [1.165, 1.54) is 6.42 Å². The van der Waals surface area contributed by atoms with Crippen molar-refractivity contribution in [1.29, 1.82) is 0 Å². The second-order valence-corrected chi connectivity index (χ2v) is 6.10. The second-order valence-electron chi connectivity index (χ2n) is 6.10. The zero-order valence-electron chi connectivity index (χ0n) is 13.8. The molecule has 0 radical (unpaired) electrons. The van der Waals surface area contributed by atoms with E-state index >= 15 is 0 Å². The number of benzene rings is 2. The summed E-state index contributed by atoms with van der Waals surface area (Å²) in [6.45, 7) is 0. The maximum Gasteiger partial charge on any atom is 0.166 e. The molecule has 1 N–H and O–H groups in total. The van der Waals surface area contributed by atoms with Crippen LogP contribution in [0.2, 0.25) is 0 Å². The molecule has 0 aliphatic heterocycles. The topological polar surface area (TPSA) is 20.2 Å². The normalized spacial score (nSPS) is 16.8. The van der Waals surface area contributed by atoms with E-state index < -0.39 is 5.60 Å². The zero-order valence-corrected chi connectivity index (χ0v) is 13.8. The first-order valence-electron chi connectivity index (χ1n) is 8.51. The summed E-state index contributed by atoms with van der Waals surface area (Å²) in [5.74, 6) is 6.23. The van der Waals surface area contributed by atoms with Crippen LogP contribution in [0.15, 0.2) is 78.4 Å². The van der Waals surface area contributed by atoms with Crippen molar-refractivity contribution >= 4 is 6.08 Å². The van der Waals surface area contributed by atoms with Gasteiger partial charge in [-0.1, -0.05) is 72.5 Å². The average Bonchev–Trinajstić information content (AvgIpc) is 2.67. The predicted octanol–water partition coefficient (Wildman–Crippen LogP) is 4.98. The fourth-order valence-corrected chi connectivity index (χ4v) is 2.88. The van der Waals surface area contributed by atoms with Crippen LogP contribution in [0, 0.1) is 11.8 Å². The molecule has 1 nitrogen and oxygen atoms in total. The van der Waals surface area contributed by atoms with Gasteiger partial charge in [0.1, 0.15) is 0 Å². The molecular weight excluding hydrogens is 292 g/mol. The lowest BCUT2D eigenvalue weighted by Crippen LogP contribution is -2.27. The van der Waals surface area contributed by atoms with Crippen LogP contribution in [0.5, 0.6) is 0 Å². The largest absolute Gasteiger partial charge is 0.370 e. The van der Waals surface area contributed by atoms with E-state index in [4.69, 9.17) is 0 Å². The van der Waals surface area contributed by atoms with E-state index in [1.54, 1.807) is 0 Å². The van der Waals surface area contributed by atoms with Crippen LogP contribution in [0.1, 0.15) is 36.8 Å². The fraction of sp³-hybridized carbons (Fsp3) is 0.217. The maximum atomic E-state index is 11.2. The summed E-state index contributed by atoms with van der Waals surface area (Å²) < 4.78 is 0. The van der Waals surface area contributed by atoms with Gasteiger partial charge in [-0.15, -0.1) is 0 Å². The highest BCUT2D eigenvalue weighted by atomic mass is 16.3. The van der Waals surface area contributed by atoms with Gasteiger partial charge in [-0.05, 0) is 55.0 Å². The van der Waals surface area contributed by atoms with Gasteiger partial charge in [0.05, 0.1) is 0 Å². The Morgan fingerprint density at radius 3 is 2.29 bits per heavy atom. The van der Waals surface area contributed by atoms with Crippen molar-refractivity contribution in [3.8, 4) is 11.8 Å². The Labute approximate surface area is 144 Å². The molecule has 24 heavy (non-hydrogen) atoms. The number of hydrogen-bond donors (Lipinski definition) is 1. The first-order chi connectivity index (χ1) is 11.8. The van der Waals surface area contributed by atoms with Crippen molar-refractivity contribution in [2.24, 2.45) is 0 Å². The number of rotatable bonds is 3. The molecule has 0 saturated heterocycles. The highest BCUT2D eigenvalue weighted by molar-refractivity contribution is 5.55. The van der Waals surface area contributed by atoms with E-state index in [0.29, 0.717) is 0 Å². The van der Waals surface area contributed by atoms with E-state index in [9.17, 15) is 5.11 Å². The summed E-state index contributed by atoms with van der Waals surface area (Å²) in [7, 11) is 0. The van der Waals surface area contributed by atoms with Gasteiger partial charge >= 0.3 is 0 Å². The first kappa shape index (κ1) is 16.3. The summed E-state index contributed by atoms with van der Waals surface area (Å²) in [5, 5.41) is 11.2. The van der Waals surface area contributed by atoms with E-state index in [0.717, 1.165) is 36.0 Å². The molecule has 0 spiro atoms. The Kier molecular flexibility index (Phi) is 5.31. The minimum Gasteiger partial charge on any atom is -0.370 e. The summed E-state index contributed by atoms with van der Waals surface area (Å²) in [4.78, 5) is 0. The molecule has 0 aromatic heterocycles. The monoisotopic (exact) mass is 314 g/mol. The Morgan fingerprint density at radius 1 is 0.917 bits per heavy atom. The third kappa shape index (κ3) is 4.25. The summed E-state index contributed by atoms with van der Waals surface area (Å²) in [6, 6.07) is 19.8. The third-order valence-electron chi connectivity index (χ3n) is 4.27. The molecule has 1 aliphatic carbocycles. The lowest BCUT2D eigenvalue weighted by Gasteiger charge is -2.25. The van der Waals surface area contributed by atoms with Crippen LogP contribution >= 0.6 is 0 Å². The zero-order chi connectivity index (χ0) is 16.7. The van der Waals surface area contributed by atoms with Crippen LogP contribution in [0.25, 0.3) is 6.08 Å². The molecule has 1 atom stereocenters. The maximum absolute atomic E-state index is 11.2. The van der Waals surface area contributed by atoms with Crippen molar-refractivity contribution < 1.29 is 5.11 Å². The van der Waals surface area contributed by atoms with Gasteiger partial charge in [-0.2, -0.15) is 0 Å². The highest BCUT2D eigenvalue weighted by Crippen LogP contribution is 2.29. The van der Waals surface area contributed by atoms with Crippen molar-refractivity contribution in [3.63, 3.8) is 0 Å². The molecule has 120 valence electrons. The smallest absolute Gasteiger partial charge is 0.166 e. The standard InChI is InChI=1S/C23H22O/c24-23(22-14-8-3-9-15-22,18-16-20-10-4-1-5-11-20)19-17-21-12-6-2-7-13-21/h1-2,4-7,10-14,16,18,24H,3,8-9,15H2/b18-16+. The average molecular weight is 314 g/mol. The van der Waals surface area contributed by atoms with Gasteiger partial charge in [0, 0.05) is 5.56 Å². The van der Waals surface area contributed by atoms with Crippen molar-refractivity contribution in [2.75, 3.05) is 0 Å².